The lowest BCUT2D eigenvalue weighted by molar-refractivity contribution is -0.384. The maximum atomic E-state index is 12.5. The fourth-order valence-corrected chi connectivity index (χ4v) is 3.35. The van der Waals surface area contributed by atoms with Gasteiger partial charge in [0.25, 0.3) is 5.69 Å². The molecule has 0 atom stereocenters. The highest BCUT2D eigenvalue weighted by atomic mass is 35.5. The third kappa shape index (κ3) is 4.86. The highest BCUT2D eigenvalue weighted by Gasteiger charge is 2.13. The second-order valence-electron chi connectivity index (χ2n) is 7.17. The number of nitrogens with one attached hydrogen (secondary N) is 1. The van der Waals surface area contributed by atoms with Crippen molar-refractivity contribution in [3.63, 3.8) is 0 Å². The minimum atomic E-state index is -0.573. The number of rotatable bonds is 6. The van der Waals surface area contributed by atoms with E-state index in [0.29, 0.717) is 39.6 Å². The van der Waals surface area contributed by atoms with Crippen LogP contribution in [0.2, 0.25) is 5.02 Å². The molecule has 0 spiro atoms. The summed E-state index contributed by atoms with van der Waals surface area (Å²) in [7, 11) is 1.58. The van der Waals surface area contributed by atoms with Crippen molar-refractivity contribution in [2.24, 2.45) is 0 Å². The number of carbonyl (C=O) groups is 1. The largest absolute Gasteiger partial charge is 0.497 e. The SMILES string of the molecule is COc1ccc2oc(-c3ccc(C)c(NC(=O)C=Cc4ccc(Cl)c([N+](=O)[O-])c4)c3)nc2c1. The van der Waals surface area contributed by atoms with Gasteiger partial charge in [-0.25, -0.2) is 4.98 Å². The summed E-state index contributed by atoms with van der Waals surface area (Å²) in [6.45, 7) is 1.86. The van der Waals surface area contributed by atoms with Gasteiger partial charge in [-0.1, -0.05) is 23.7 Å². The molecule has 166 valence electrons. The van der Waals surface area contributed by atoms with Crippen molar-refractivity contribution in [3.05, 3.63) is 86.9 Å². The zero-order chi connectivity index (χ0) is 23.5. The Morgan fingerprint density at radius 2 is 2.00 bits per heavy atom. The monoisotopic (exact) mass is 463 g/mol. The molecule has 0 bridgehead atoms. The number of halogens is 1. The standard InChI is InChI=1S/C24H18ClN3O5/c1-14-3-6-16(24-27-20-13-17(32-2)7-9-22(20)33-24)12-19(14)26-23(29)10-5-15-4-8-18(25)21(11-15)28(30)31/h3-13H,1-2H3,(H,26,29). The summed E-state index contributed by atoms with van der Waals surface area (Å²) >= 11 is 5.82. The van der Waals surface area contributed by atoms with Crippen LogP contribution in [0, 0.1) is 17.0 Å². The molecular weight excluding hydrogens is 446 g/mol. The van der Waals surface area contributed by atoms with Crippen molar-refractivity contribution in [1.29, 1.82) is 0 Å². The molecule has 1 amide bonds. The van der Waals surface area contributed by atoms with Crippen molar-refractivity contribution in [1.82, 2.24) is 4.98 Å². The average Bonchev–Trinajstić information content (AvgIpc) is 3.23. The first-order valence-corrected chi connectivity index (χ1v) is 10.2. The summed E-state index contributed by atoms with van der Waals surface area (Å²) in [5, 5.41) is 13.9. The van der Waals surface area contributed by atoms with Crippen molar-refractivity contribution < 1.29 is 18.9 Å². The zero-order valence-corrected chi connectivity index (χ0v) is 18.4. The van der Waals surface area contributed by atoms with Gasteiger partial charge < -0.3 is 14.5 Å². The van der Waals surface area contributed by atoms with Gasteiger partial charge in [0.05, 0.1) is 12.0 Å². The van der Waals surface area contributed by atoms with Gasteiger partial charge in [0.15, 0.2) is 5.58 Å². The lowest BCUT2D eigenvalue weighted by Crippen LogP contribution is -2.09. The highest BCUT2D eigenvalue weighted by Crippen LogP contribution is 2.30. The Kier molecular flexibility index (Phi) is 6.10. The minimum Gasteiger partial charge on any atom is -0.497 e. The molecule has 9 heteroatoms. The molecule has 1 heterocycles. The lowest BCUT2D eigenvalue weighted by atomic mass is 10.1. The summed E-state index contributed by atoms with van der Waals surface area (Å²) < 4.78 is 11.1. The van der Waals surface area contributed by atoms with Gasteiger partial charge in [0.1, 0.15) is 16.3 Å². The van der Waals surface area contributed by atoms with Gasteiger partial charge in [-0.05, 0) is 54.5 Å². The number of anilines is 1. The maximum Gasteiger partial charge on any atom is 0.288 e. The molecule has 1 N–H and O–H groups in total. The quantitative estimate of drug-likeness (QED) is 0.212. The van der Waals surface area contributed by atoms with Gasteiger partial charge >= 0.3 is 0 Å². The van der Waals surface area contributed by atoms with E-state index in [1.165, 1.54) is 24.3 Å². The smallest absolute Gasteiger partial charge is 0.288 e. The first-order valence-electron chi connectivity index (χ1n) is 9.82. The van der Waals surface area contributed by atoms with E-state index >= 15 is 0 Å². The molecule has 0 aliphatic heterocycles. The first-order chi connectivity index (χ1) is 15.8. The average molecular weight is 464 g/mol. The number of hydrogen-bond donors (Lipinski definition) is 1. The summed E-state index contributed by atoms with van der Waals surface area (Å²) in [6, 6.07) is 15.2. The van der Waals surface area contributed by atoms with Gasteiger partial charge in [-0.2, -0.15) is 0 Å². The number of fused-ring (bicyclic) bond motifs is 1. The number of nitro groups is 1. The number of aryl methyl sites for hydroxylation is 1. The Bertz CT molecular complexity index is 1410. The lowest BCUT2D eigenvalue weighted by Gasteiger charge is -2.08. The fraction of sp³-hybridized carbons (Fsp3) is 0.0833. The van der Waals surface area contributed by atoms with E-state index in [9.17, 15) is 14.9 Å². The van der Waals surface area contributed by atoms with Crippen LogP contribution in [0.1, 0.15) is 11.1 Å². The van der Waals surface area contributed by atoms with E-state index in [-0.39, 0.29) is 10.7 Å². The van der Waals surface area contributed by atoms with Crippen LogP contribution in [0.25, 0.3) is 28.6 Å². The summed E-state index contributed by atoms with van der Waals surface area (Å²) in [4.78, 5) is 27.4. The predicted octanol–water partition coefficient (Wildman–Crippen LogP) is 6.03. The Morgan fingerprint density at radius 1 is 1.18 bits per heavy atom. The Morgan fingerprint density at radius 3 is 2.76 bits per heavy atom. The molecule has 1 aromatic heterocycles. The van der Waals surface area contributed by atoms with E-state index < -0.39 is 10.8 Å². The number of nitro benzene ring substituents is 1. The summed E-state index contributed by atoms with van der Waals surface area (Å²) in [5.74, 6) is 0.699. The third-order valence-electron chi connectivity index (χ3n) is 4.93. The fourth-order valence-electron chi connectivity index (χ4n) is 3.17. The topological polar surface area (TPSA) is 108 Å². The van der Waals surface area contributed by atoms with Crippen LogP contribution in [0.5, 0.6) is 5.75 Å². The van der Waals surface area contributed by atoms with Gasteiger partial charge in [-0.15, -0.1) is 0 Å². The van der Waals surface area contributed by atoms with Crippen LogP contribution in [-0.4, -0.2) is 22.9 Å². The summed E-state index contributed by atoms with van der Waals surface area (Å²) in [6.07, 6.45) is 2.77. The number of amides is 1. The van der Waals surface area contributed by atoms with Crippen LogP contribution >= 0.6 is 11.6 Å². The normalized spacial score (nSPS) is 11.1. The molecular formula is C24H18ClN3O5. The highest BCUT2D eigenvalue weighted by molar-refractivity contribution is 6.32. The van der Waals surface area contributed by atoms with Crippen molar-refractivity contribution in [3.8, 4) is 17.2 Å². The second-order valence-corrected chi connectivity index (χ2v) is 7.58. The van der Waals surface area contributed by atoms with E-state index in [0.717, 1.165) is 5.56 Å². The van der Waals surface area contributed by atoms with E-state index in [2.05, 4.69) is 10.3 Å². The molecule has 4 aromatic rings. The van der Waals surface area contributed by atoms with Gasteiger partial charge in [0, 0.05) is 29.5 Å². The number of aromatic nitrogens is 1. The first kappa shape index (κ1) is 22.0. The number of carbonyl (C=O) groups excluding carboxylic acids is 1. The second kappa shape index (κ2) is 9.13. The van der Waals surface area contributed by atoms with E-state index in [1.54, 1.807) is 37.4 Å². The number of ether oxygens (including phenoxy) is 1. The van der Waals surface area contributed by atoms with E-state index in [4.69, 9.17) is 20.8 Å². The van der Waals surface area contributed by atoms with Crippen molar-refractivity contribution in [2.75, 3.05) is 12.4 Å². The summed E-state index contributed by atoms with van der Waals surface area (Å²) in [5.41, 5.74) is 3.67. The molecule has 8 nitrogen and oxygen atoms in total. The number of nitrogens with zero attached hydrogens (tertiary/aromatic N) is 2. The zero-order valence-electron chi connectivity index (χ0n) is 17.7. The molecule has 0 saturated carbocycles. The van der Waals surface area contributed by atoms with Crippen LogP contribution in [0.3, 0.4) is 0 Å². The number of methoxy groups -OCH3 is 1. The molecule has 0 aliphatic rings. The van der Waals surface area contributed by atoms with Crippen LogP contribution in [-0.2, 0) is 4.79 Å². The Labute approximate surface area is 193 Å². The number of benzene rings is 3. The molecule has 0 aliphatic carbocycles. The van der Waals surface area contributed by atoms with Crippen LogP contribution in [0.4, 0.5) is 11.4 Å². The number of hydrogen-bond acceptors (Lipinski definition) is 6. The van der Waals surface area contributed by atoms with Crippen molar-refractivity contribution >= 4 is 46.1 Å². The van der Waals surface area contributed by atoms with Gasteiger partial charge in [-0.3, -0.25) is 14.9 Å². The molecule has 3 aromatic carbocycles. The molecule has 0 unspecified atom stereocenters. The number of oxazole rings is 1. The predicted molar refractivity (Wildman–Crippen MR) is 127 cm³/mol. The van der Waals surface area contributed by atoms with Crippen LogP contribution < -0.4 is 10.1 Å². The molecule has 0 fully saturated rings. The molecule has 33 heavy (non-hydrogen) atoms. The minimum absolute atomic E-state index is 0.0340. The Balaban J connectivity index is 1.55. The third-order valence-corrected chi connectivity index (χ3v) is 5.25. The van der Waals surface area contributed by atoms with E-state index in [1.807, 2.05) is 19.1 Å². The van der Waals surface area contributed by atoms with Gasteiger partial charge in [0.2, 0.25) is 11.8 Å². The Hall–Kier alpha value is -4.17. The van der Waals surface area contributed by atoms with Crippen LogP contribution in [0.15, 0.2) is 65.1 Å². The molecule has 0 saturated heterocycles. The molecule has 4 rings (SSSR count). The molecule has 0 radical (unpaired) electrons. The maximum absolute atomic E-state index is 12.5. The van der Waals surface area contributed by atoms with Crippen molar-refractivity contribution in [2.45, 2.75) is 6.92 Å².